The minimum atomic E-state index is -0.708. The van der Waals surface area contributed by atoms with Crippen LogP contribution in [0.2, 0.25) is 0 Å². The van der Waals surface area contributed by atoms with Crippen LogP contribution in [0.25, 0.3) is 0 Å². The molecule has 0 aromatic heterocycles. The van der Waals surface area contributed by atoms with Gasteiger partial charge < -0.3 is 9.84 Å². The second-order valence-electron chi connectivity index (χ2n) is 5.69. The van der Waals surface area contributed by atoms with E-state index in [9.17, 15) is 9.32 Å². The summed E-state index contributed by atoms with van der Waals surface area (Å²) in [6, 6.07) is 9.67. The number of para-hydroxylation sites is 1. The molecule has 1 aromatic carbocycles. The van der Waals surface area contributed by atoms with Crippen molar-refractivity contribution in [2.75, 3.05) is 6.61 Å². The zero-order chi connectivity index (χ0) is 13.3. The van der Waals surface area contributed by atoms with Gasteiger partial charge in [-0.1, -0.05) is 18.2 Å². The first kappa shape index (κ1) is 13.1. The minimum Gasteiger partial charge on any atom is -0.493 e. The number of ether oxygens (including phenoxy) is 1. The first-order chi connectivity index (χ1) is 9.16. The Morgan fingerprint density at radius 1 is 1.21 bits per heavy atom. The molecule has 2 saturated heterocycles. The SMILES string of the molecule is O=S1C2CCC1CC(O)(CCOc1ccccc1)C2. The Balaban J connectivity index is 1.54. The topological polar surface area (TPSA) is 46.5 Å². The predicted octanol–water partition coefficient (Wildman–Crippen LogP) is 2.26. The van der Waals surface area contributed by atoms with Crippen molar-refractivity contribution in [1.29, 1.82) is 0 Å². The molecule has 2 bridgehead atoms. The third kappa shape index (κ3) is 2.84. The van der Waals surface area contributed by atoms with Crippen molar-refractivity contribution in [2.45, 2.75) is 48.2 Å². The van der Waals surface area contributed by atoms with Crippen LogP contribution in [0.1, 0.15) is 32.1 Å². The average molecular weight is 280 g/mol. The van der Waals surface area contributed by atoms with Gasteiger partial charge in [0.25, 0.3) is 0 Å². The lowest BCUT2D eigenvalue weighted by atomic mass is 9.90. The molecule has 0 aliphatic carbocycles. The van der Waals surface area contributed by atoms with Crippen LogP contribution < -0.4 is 4.74 Å². The highest BCUT2D eigenvalue weighted by Gasteiger charge is 2.47. The van der Waals surface area contributed by atoms with E-state index in [1.165, 1.54) is 0 Å². The Hall–Kier alpha value is -0.870. The highest BCUT2D eigenvalue weighted by Crippen LogP contribution is 2.42. The second kappa shape index (κ2) is 5.25. The molecule has 2 heterocycles. The van der Waals surface area contributed by atoms with Gasteiger partial charge in [0.1, 0.15) is 5.75 Å². The van der Waals surface area contributed by atoms with E-state index in [1.807, 2.05) is 30.3 Å². The molecular weight excluding hydrogens is 260 g/mol. The molecule has 0 amide bonds. The molecule has 2 aliphatic heterocycles. The van der Waals surface area contributed by atoms with Crippen molar-refractivity contribution in [3.63, 3.8) is 0 Å². The van der Waals surface area contributed by atoms with Gasteiger partial charge in [-0.15, -0.1) is 0 Å². The predicted molar refractivity (Wildman–Crippen MR) is 75.7 cm³/mol. The minimum absolute atomic E-state index is 0.209. The molecule has 2 aliphatic rings. The molecule has 2 unspecified atom stereocenters. The Kier molecular flexibility index (Phi) is 3.63. The summed E-state index contributed by atoms with van der Waals surface area (Å²) in [4.78, 5) is 0. The Labute approximate surface area is 116 Å². The maximum Gasteiger partial charge on any atom is 0.119 e. The van der Waals surface area contributed by atoms with E-state index in [2.05, 4.69) is 0 Å². The van der Waals surface area contributed by atoms with Crippen LogP contribution in [0, 0.1) is 0 Å². The lowest BCUT2D eigenvalue weighted by Gasteiger charge is -2.35. The monoisotopic (exact) mass is 280 g/mol. The number of hydrogen-bond acceptors (Lipinski definition) is 3. The molecule has 2 fully saturated rings. The van der Waals surface area contributed by atoms with E-state index in [4.69, 9.17) is 4.74 Å². The molecule has 0 radical (unpaired) electrons. The third-order valence-corrected chi connectivity index (χ3v) is 6.38. The van der Waals surface area contributed by atoms with Gasteiger partial charge in [-0.3, -0.25) is 4.21 Å². The molecule has 104 valence electrons. The van der Waals surface area contributed by atoms with Crippen LogP contribution >= 0.6 is 0 Å². The van der Waals surface area contributed by atoms with Crippen LogP contribution in [-0.4, -0.2) is 32.0 Å². The molecule has 1 aromatic rings. The van der Waals surface area contributed by atoms with Crippen LogP contribution in [0.4, 0.5) is 0 Å². The molecule has 1 N–H and O–H groups in total. The summed E-state index contributed by atoms with van der Waals surface area (Å²) < 4.78 is 17.6. The van der Waals surface area contributed by atoms with Gasteiger partial charge in [-0.25, -0.2) is 0 Å². The average Bonchev–Trinajstić information content (AvgIpc) is 2.63. The van der Waals surface area contributed by atoms with Crippen molar-refractivity contribution in [1.82, 2.24) is 0 Å². The van der Waals surface area contributed by atoms with Crippen molar-refractivity contribution in [3.05, 3.63) is 30.3 Å². The molecule has 0 spiro atoms. The van der Waals surface area contributed by atoms with Crippen molar-refractivity contribution < 1.29 is 14.1 Å². The van der Waals surface area contributed by atoms with Gasteiger partial charge in [0.15, 0.2) is 0 Å². The molecule has 19 heavy (non-hydrogen) atoms. The quantitative estimate of drug-likeness (QED) is 0.920. The summed E-state index contributed by atoms with van der Waals surface area (Å²) in [5, 5.41) is 11.1. The standard InChI is InChI=1S/C15H20O3S/c16-15(8-9-18-12-4-2-1-3-5-12)10-13-6-7-14(11-15)19(13)17/h1-5,13-14,16H,6-11H2. The molecule has 3 rings (SSSR count). The van der Waals surface area contributed by atoms with Gasteiger partial charge in [0.05, 0.1) is 12.2 Å². The van der Waals surface area contributed by atoms with Crippen LogP contribution in [0.5, 0.6) is 5.75 Å². The van der Waals surface area contributed by atoms with E-state index < -0.39 is 16.4 Å². The van der Waals surface area contributed by atoms with E-state index >= 15 is 0 Å². The molecule has 0 saturated carbocycles. The summed E-state index contributed by atoms with van der Waals surface area (Å²) in [6.45, 7) is 0.520. The fourth-order valence-corrected chi connectivity index (χ4v) is 5.49. The number of hydrogen-bond donors (Lipinski definition) is 1. The molecule has 2 atom stereocenters. The highest BCUT2D eigenvalue weighted by atomic mass is 32.2. The van der Waals surface area contributed by atoms with E-state index in [0.717, 1.165) is 18.6 Å². The van der Waals surface area contributed by atoms with Gasteiger partial charge in [0.2, 0.25) is 0 Å². The largest absolute Gasteiger partial charge is 0.493 e. The van der Waals surface area contributed by atoms with E-state index in [0.29, 0.717) is 25.9 Å². The van der Waals surface area contributed by atoms with E-state index in [-0.39, 0.29) is 10.5 Å². The van der Waals surface area contributed by atoms with E-state index in [1.54, 1.807) is 0 Å². The highest BCUT2D eigenvalue weighted by molar-refractivity contribution is 7.86. The fraction of sp³-hybridized carbons (Fsp3) is 0.600. The van der Waals surface area contributed by atoms with Gasteiger partial charge in [-0.2, -0.15) is 0 Å². The van der Waals surface area contributed by atoms with Crippen molar-refractivity contribution in [2.24, 2.45) is 0 Å². The smallest absolute Gasteiger partial charge is 0.119 e. The van der Waals surface area contributed by atoms with Crippen LogP contribution in [0.3, 0.4) is 0 Å². The molecular formula is C15H20O3S. The first-order valence-corrected chi connectivity index (χ1v) is 8.23. The summed E-state index contributed by atoms with van der Waals surface area (Å²) in [7, 11) is -0.708. The van der Waals surface area contributed by atoms with Gasteiger partial charge in [0, 0.05) is 27.7 Å². The maximum absolute atomic E-state index is 11.9. The fourth-order valence-electron chi connectivity index (χ4n) is 3.26. The Bertz CT molecular complexity index is 444. The van der Waals surface area contributed by atoms with Gasteiger partial charge in [-0.05, 0) is 37.8 Å². The summed E-state index contributed by atoms with van der Waals surface area (Å²) in [5.74, 6) is 0.841. The zero-order valence-electron chi connectivity index (χ0n) is 11.0. The normalized spacial score (nSPS) is 37.2. The Morgan fingerprint density at radius 2 is 1.84 bits per heavy atom. The number of aliphatic hydroxyl groups is 1. The number of benzene rings is 1. The number of rotatable bonds is 4. The van der Waals surface area contributed by atoms with Crippen molar-refractivity contribution in [3.8, 4) is 5.75 Å². The molecule has 4 heteroatoms. The third-order valence-electron chi connectivity index (χ3n) is 4.26. The lowest BCUT2D eigenvalue weighted by Crippen LogP contribution is -2.43. The summed E-state index contributed by atoms with van der Waals surface area (Å²) >= 11 is 0. The molecule has 3 nitrogen and oxygen atoms in total. The number of fused-ring (bicyclic) bond motifs is 2. The second-order valence-corrected chi connectivity index (χ2v) is 7.68. The van der Waals surface area contributed by atoms with Crippen LogP contribution in [0.15, 0.2) is 30.3 Å². The summed E-state index contributed by atoms with van der Waals surface area (Å²) in [6.07, 6.45) is 4.01. The summed E-state index contributed by atoms with van der Waals surface area (Å²) in [5.41, 5.74) is -0.672. The lowest BCUT2D eigenvalue weighted by molar-refractivity contribution is 0.00310. The van der Waals surface area contributed by atoms with Gasteiger partial charge >= 0.3 is 0 Å². The Morgan fingerprint density at radius 3 is 2.47 bits per heavy atom. The first-order valence-electron chi connectivity index (χ1n) is 6.96. The maximum atomic E-state index is 11.9. The zero-order valence-corrected chi connectivity index (χ0v) is 11.8. The van der Waals surface area contributed by atoms with Crippen LogP contribution in [-0.2, 0) is 10.8 Å². The van der Waals surface area contributed by atoms with Crippen molar-refractivity contribution >= 4 is 10.8 Å².